The third kappa shape index (κ3) is 3.01. The first-order valence-corrected chi connectivity index (χ1v) is 7.35. The molecule has 4 atom stereocenters. The molecule has 3 nitrogen and oxygen atoms in total. The topological polar surface area (TPSA) is 32.5 Å². The number of nitrogens with two attached hydrogens (primary N) is 1. The smallest absolute Gasteiger partial charge is 0.0250 e. The summed E-state index contributed by atoms with van der Waals surface area (Å²) < 4.78 is 0. The number of nitrogens with zero attached hydrogens (tertiary/aromatic N) is 2. The van der Waals surface area contributed by atoms with Crippen molar-refractivity contribution >= 4 is 0 Å². The quantitative estimate of drug-likeness (QED) is 0.793. The number of piperazine rings is 1. The van der Waals surface area contributed by atoms with Crippen molar-refractivity contribution in [1.82, 2.24) is 9.80 Å². The van der Waals surface area contributed by atoms with Gasteiger partial charge in [0.25, 0.3) is 0 Å². The summed E-state index contributed by atoms with van der Waals surface area (Å²) in [6, 6.07) is 1.74. The number of hydrogen-bond acceptors (Lipinski definition) is 3. The van der Waals surface area contributed by atoms with E-state index in [2.05, 4.69) is 30.6 Å². The average Bonchev–Trinajstić information content (AvgIpc) is 2.32. The largest absolute Gasteiger partial charge is 0.326 e. The van der Waals surface area contributed by atoms with Gasteiger partial charge in [-0.15, -0.1) is 0 Å². The van der Waals surface area contributed by atoms with E-state index >= 15 is 0 Å². The van der Waals surface area contributed by atoms with Gasteiger partial charge in [-0.2, -0.15) is 0 Å². The Kier molecular flexibility index (Phi) is 4.45. The van der Waals surface area contributed by atoms with Crippen molar-refractivity contribution in [3.63, 3.8) is 0 Å². The molecule has 3 heteroatoms. The van der Waals surface area contributed by atoms with Crippen LogP contribution >= 0.6 is 0 Å². The Morgan fingerprint density at radius 2 is 1.94 bits per heavy atom. The van der Waals surface area contributed by atoms with Crippen molar-refractivity contribution in [2.75, 3.05) is 26.2 Å². The molecule has 1 aliphatic heterocycles. The van der Waals surface area contributed by atoms with Crippen LogP contribution in [-0.2, 0) is 0 Å². The zero-order valence-corrected chi connectivity index (χ0v) is 11.7. The first kappa shape index (κ1) is 13.3. The van der Waals surface area contributed by atoms with Gasteiger partial charge in [-0.1, -0.05) is 13.8 Å². The van der Waals surface area contributed by atoms with Gasteiger partial charge in [-0.05, 0) is 38.6 Å². The van der Waals surface area contributed by atoms with Crippen LogP contribution in [0, 0.1) is 5.92 Å². The van der Waals surface area contributed by atoms with E-state index in [-0.39, 0.29) is 0 Å². The molecule has 2 N–H and O–H groups in total. The van der Waals surface area contributed by atoms with Gasteiger partial charge >= 0.3 is 0 Å². The van der Waals surface area contributed by atoms with Crippen molar-refractivity contribution in [3.05, 3.63) is 0 Å². The van der Waals surface area contributed by atoms with E-state index < -0.39 is 0 Å². The van der Waals surface area contributed by atoms with Crippen LogP contribution in [0.3, 0.4) is 0 Å². The standard InChI is InChI=1S/C14H29N3/c1-4-16-7-8-17(10-12(16)3)14-9-11(2)5-6-13(14)15/h11-14H,4-10,15H2,1-3H3. The summed E-state index contributed by atoms with van der Waals surface area (Å²) in [4.78, 5) is 5.24. The van der Waals surface area contributed by atoms with E-state index in [1.807, 2.05) is 0 Å². The van der Waals surface area contributed by atoms with Crippen LogP contribution in [0.2, 0.25) is 0 Å². The van der Waals surface area contributed by atoms with Crippen LogP contribution in [0.5, 0.6) is 0 Å². The van der Waals surface area contributed by atoms with Crippen LogP contribution in [0.15, 0.2) is 0 Å². The van der Waals surface area contributed by atoms with Crippen LogP contribution in [-0.4, -0.2) is 54.1 Å². The highest BCUT2D eigenvalue weighted by Gasteiger charge is 2.34. The number of rotatable bonds is 2. The molecular weight excluding hydrogens is 210 g/mol. The molecule has 0 aromatic heterocycles. The summed E-state index contributed by atoms with van der Waals surface area (Å²) >= 11 is 0. The molecule has 2 fully saturated rings. The highest BCUT2D eigenvalue weighted by atomic mass is 15.3. The lowest BCUT2D eigenvalue weighted by molar-refractivity contribution is 0.0313. The minimum atomic E-state index is 0.409. The van der Waals surface area contributed by atoms with Gasteiger partial charge in [0.2, 0.25) is 0 Å². The fourth-order valence-electron chi connectivity index (χ4n) is 3.59. The number of hydrogen-bond donors (Lipinski definition) is 1. The minimum Gasteiger partial charge on any atom is -0.326 e. The molecule has 1 heterocycles. The SMILES string of the molecule is CCN1CCN(C2CC(C)CCC2N)CC1C. The van der Waals surface area contributed by atoms with Crippen molar-refractivity contribution in [3.8, 4) is 0 Å². The molecule has 1 saturated heterocycles. The van der Waals surface area contributed by atoms with Gasteiger partial charge in [0.15, 0.2) is 0 Å². The maximum atomic E-state index is 6.33. The molecule has 0 spiro atoms. The second-order valence-electron chi connectivity index (χ2n) is 6.12. The third-order valence-corrected chi connectivity index (χ3v) is 4.80. The minimum absolute atomic E-state index is 0.409. The molecule has 0 radical (unpaired) electrons. The first-order valence-electron chi connectivity index (χ1n) is 7.35. The molecule has 0 aromatic carbocycles. The molecule has 100 valence electrons. The Bertz CT molecular complexity index is 244. The molecule has 17 heavy (non-hydrogen) atoms. The monoisotopic (exact) mass is 239 g/mol. The Hall–Kier alpha value is -0.120. The van der Waals surface area contributed by atoms with Crippen LogP contribution < -0.4 is 5.73 Å². The molecule has 0 aromatic rings. The zero-order chi connectivity index (χ0) is 12.4. The average molecular weight is 239 g/mol. The van der Waals surface area contributed by atoms with Crippen molar-refractivity contribution < 1.29 is 0 Å². The maximum Gasteiger partial charge on any atom is 0.0250 e. The zero-order valence-electron chi connectivity index (χ0n) is 11.7. The maximum absolute atomic E-state index is 6.33. The molecule has 2 aliphatic rings. The Labute approximate surface area is 106 Å². The summed E-state index contributed by atoms with van der Waals surface area (Å²) in [7, 11) is 0. The molecule has 4 unspecified atom stereocenters. The van der Waals surface area contributed by atoms with Crippen LogP contribution in [0.4, 0.5) is 0 Å². The molecule has 2 rings (SSSR count). The molecule has 0 amide bonds. The van der Waals surface area contributed by atoms with Crippen molar-refractivity contribution in [2.24, 2.45) is 11.7 Å². The lowest BCUT2D eigenvalue weighted by atomic mass is 9.82. The summed E-state index contributed by atoms with van der Waals surface area (Å²) in [5.74, 6) is 0.860. The highest BCUT2D eigenvalue weighted by molar-refractivity contribution is 4.91. The Morgan fingerprint density at radius 3 is 2.59 bits per heavy atom. The van der Waals surface area contributed by atoms with Gasteiger partial charge in [0.05, 0.1) is 0 Å². The normalized spacial score (nSPS) is 41.6. The molecular formula is C14H29N3. The lowest BCUT2D eigenvalue weighted by Crippen LogP contribution is -2.59. The Balaban J connectivity index is 1.93. The molecule has 0 bridgehead atoms. The van der Waals surface area contributed by atoms with E-state index in [0.29, 0.717) is 18.1 Å². The van der Waals surface area contributed by atoms with Gasteiger partial charge < -0.3 is 5.73 Å². The summed E-state index contributed by atoms with van der Waals surface area (Å²) in [6.07, 6.45) is 3.84. The van der Waals surface area contributed by atoms with Gasteiger partial charge in [-0.3, -0.25) is 9.80 Å². The van der Waals surface area contributed by atoms with Crippen molar-refractivity contribution in [2.45, 2.75) is 58.2 Å². The highest BCUT2D eigenvalue weighted by Crippen LogP contribution is 2.28. The second kappa shape index (κ2) is 5.68. The van der Waals surface area contributed by atoms with E-state index in [4.69, 9.17) is 5.73 Å². The summed E-state index contributed by atoms with van der Waals surface area (Å²) in [5.41, 5.74) is 6.33. The van der Waals surface area contributed by atoms with Crippen LogP contribution in [0.25, 0.3) is 0 Å². The van der Waals surface area contributed by atoms with E-state index in [9.17, 15) is 0 Å². The predicted octanol–water partition coefficient (Wildman–Crippen LogP) is 1.53. The fraction of sp³-hybridized carbons (Fsp3) is 1.00. The fourth-order valence-corrected chi connectivity index (χ4v) is 3.59. The van der Waals surface area contributed by atoms with Gasteiger partial charge in [0.1, 0.15) is 0 Å². The predicted molar refractivity (Wildman–Crippen MR) is 73.1 cm³/mol. The van der Waals surface area contributed by atoms with E-state index in [0.717, 1.165) is 5.92 Å². The van der Waals surface area contributed by atoms with Gasteiger partial charge in [-0.25, -0.2) is 0 Å². The Morgan fingerprint density at radius 1 is 1.18 bits per heavy atom. The van der Waals surface area contributed by atoms with Crippen molar-refractivity contribution in [1.29, 1.82) is 0 Å². The lowest BCUT2D eigenvalue weighted by Gasteiger charge is -2.47. The molecule has 1 saturated carbocycles. The third-order valence-electron chi connectivity index (χ3n) is 4.80. The van der Waals surface area contributed by atoms with Crippen LogP contribution in [0.1, 0.15) is 40.0 Å². The second-order valence-corrected chi connectivity index (χ2v) is 6.12. The molecule has 1 aliphatic carbocycles. The van der Waals surface area contributed by atoms with E-state index in [1.54, 1.807) is 0 Å². The van der Waals surface area contributed by atoms with Gasteiger partial charge in [0, 0.05) is 37.8 Å². The van der Waals surface area contributed by atoms with E-state index in [1.165, 1.54) is 45.4 Å². The summed E-state index contributed by atoms with van der Waals surface area (Å²) in [6.45, 7) is 11.8. The number of likely N-dealkylation sites (N-methyl/N-ethyl adjacent to an activating group) is 1. The summed E-state index contributed by atoms with van der Waals surface area (Å²) in [5, 5.41) is 0. The first-order chi connectivity index (χ1) is 8.11.